The Morgan fingerprint density at radius 1 is 0.348 bits per heavy atom. The molecular formula is C63H125NO5. The summed E-state index contributed by atoms with van der Waals surface area (Å²) >= 11 is 0. The van der Waals surface area contributed by atoms with Crippen LogP contribution in [0.15, 0.2) is 12.2 Å². The van der Waals surface area contributed by atoms with E-state index in [0.717, 1.165) is 44.9 Å². The van der Waals surface area contributed by atoms with Gasteiger partial charge in [0.05, 0.1) is 18.8 Å². The van der Waals surface area contributed by atoms with E-state index >= 15 is 0 Å². The quantitative estimate of drug-likeness (QED) is 0.0308. The topological polar surface area (TPSA) is 110 Å². The van der Waals surface area contributed by atoms with E-state index < -0.39 is 36.9 Å². The van der Waals surface area contributed by atoms with Gasteiger partial charge in [0.25, 0.3) is 0 Å². The molecule has 0 saturated heterocycles. The summed E-state index contributed by atoms with van der Waals surface area (Å²) in [6.45, 7) is 4.10. The van der Waals surface area contributed by atoms with Gasteiger partial charge in [0.15, 0.2) is 0 Å². The van der Waals surface area contributed by atoms with Crippen molar-refractivity contribution in [1.82, 2.24) is 5.32 Å². The fraction of sp³-hybridized carbons (Fsp3) is 0.952. The number of hydrogen-bond donors (Lipinski definition) is 5. The Balaban J connectivity index is 3.55. The molecule has 0 aliphatic rings. The number of unbranched alkanes of at least 4 members (excludes halogenated alkanes) is 48. The average Bonchev–Trinajstić information content (AvgIpc) is 3.35. The van der Waals surface area contributed by atoms with Gasteiger partial charge in [-0.05, 0) is 38.5 Å². The van der Waals surface area contributed by atoms with Crippen molar-refractivity contribution in [3.05, 3.63) is 12.2 Å². The number of carbonyl (C=O) groups is 1. The van der Waals surface area contributed by atoms with Crippen LogP contribution >= 0.6 is 0 Å². The van der Waals surface area contributed by atoms with E-state index in [2.05, 4.69) is 31.3 Å². The summed E-state index contributed by atoms with van der Waals surface area (Å²) in [4.78, 5) is 12.6. The smallest absolute Gasteiger partial charge is 0.249 e. The molecule has 0 aromatic carbocycles. The molecule has 0 heterocycles. The second-order valence-corrected chi connectivity index (χ2v) is 22.1. The van der Waals surface area contributed by atoms with E-state index in [4.69, 9.17) is 0 Å². The molecule has 0 aromatic rings. The predicted molar refractivity (Wildman–Crippen MR) is 302 cm³/mol. The van der Waals surface area contributed by atoms with E-state index in [-0.39, 0.29) is 0 Å². The number of rotatable bonds is 59. The lowest BCUT2D eigenvalue weighted by atomic mass is 9.99. The molecule has 5 N–H and O–H groups in total. The molecule has 6 nitrogen and oxygen atoms in total. The average molecular weight is 977 g/mol. The summed E-state index contributed by atoms with van der Waals surface area (Å²) in [5, 5.41) is 44.1. The second kappa shape index (κ2) is 57.9. The summed E-state index contributed by atoms with van der Waals surface area (Å²) in [7, 11) is 0. The highest BCUT2D eigenvalue weighted by Gasteiger charge is 2.28. The van der Waals surface area contributed by atoms with Gasteiger partial charge >= 0.3 is 0 Å². The van der Waals surface area contributed by atoms with Crippen molar-refractivity contribution < 1.29 is 25.2 Å². The Morgan fingerprint density at radius 2 is 0.580 bits per heavy atom. The standard InChI is InChI=1S/C63H125NO5/c1-3-5-7-9-11-13-15-17-19-21-23-25-27-28-29-30-31-32-33-34-35-37-38-40-42-44-46-48-50-52-54-56-60(66)62(68)59(58-65)64-63(69)61(67)57-55-53-51-49-47-45-43-41-39-36-26-24-22-20-18-16-14-12-10-8-6-4-2/h39,41,59-62,65-68H,3-38,40,42-58H2,1-2H3,(H,64,69)/b41-39-. The molecule has 412 valence electrons. The van der Waals surface area contributed by atoms with Crippen LogP contribution in [-0.2, 0) is 4.79 Å². The molecular weight excluding hydrogens is 851 g/mol. The summed E-state index contributed by atoms with van der Waals surface area (Å²) in [6.07, 6.45) is 70.2. The van der Waals surface area contributed by atoms with Gasteiger partial charge < -0.3 is 25.7 Å². The third-order valence-corrected chi connectivity index (χ3v) is 15.2. The number of aliphatic hydroxyl groups is 4. The summed E-state index contributed by atoms with van der Waals surface area (Å²) in [5.74, 6) is -0.582. The van der Waals surface area contributed by atoms with Gasteiger partial charge in [0.1, 0.15) is 12.2 Å². The lowest BCUT2D eigenvalue weighted by Gasteiger charge is -2.27. The van der Waals surface area contributed by atoms with E-state index in [1.807, 2.05) is 0 Å². The van der Waals surface area contributed by atoms with Crippen molar-refractivity contribution >= 4 is 5.91 Å². The van der Waals surface area contributed by atoms with Gasteiger partial charge in [-0.1, -0.05) is 328 Å². The number of amides is 1. The first-order valence-corrected chi connectivity index (χ1v) is 31.6. The van der Waals surface area contributed by atoms with Crippen LogP contribution in [0.2, 0.25) is 0 Å². The fourth-order valence-corrected chi connectivity index (χ4v) is 10.3. The van der Waals surface area contributed by atoms with Crippen molar-refractivity contribution in [1.29, 1.82) is 0 Å². The maximum absolute atomic E-state index is 12.6. The van der Waals surface area contributed by atoms with Gasteiger partial charge in [-0.25, -0.2) is 0 Å². The molecule has 0 aromatic heterocycles. The summed E-state index contributed by atoms with van der Waals surface area (Å²) in [5.41, 5.74) is 0. The highest BCUT2D eigenvalue weighted by molar-refractivity contribution is 5.80. The van der Waals surface area contributed by atoms with Crippen molar-refractivity contribution in [2.24, 2.45) is 0 Å². The molecule has 4 atom stereocenters. The maximum atomic E-state index is 12.6. The van der Waals surface area contributed by atoms with Crippen LogP contribution in [0.25, 0.3) is 0 Å². The lowest BCUT2D eigenvalue weighted by Crippen LogP contribution is -2.53. The first-order chi connectivity index (χ1) is 34.0. The minimum Gasteiger partial charge on any atom is -0.394 e. The molecule has 0 bridgehead atoms. The van der Waals surface area contributed by atoms with Crippen LogP contribution in [0, 0.1) is 0 Å². The first-order valence-electron chi connectivity index (χ1n) is 31.6. The Bertz CT molecular complexity index is 1010. The Morgan fingerprint density at radius 3 is 0.841 bits per heavy atom. The number of nitrogens with one attached hydrogen (secondary N) is 1. The zero-order valence-electron chi connectivity index (χ0n) is 46.8. The van der Waals surface area contributed by atoms with Crippen LogP contribution in [0.5, 0.6) is 0 Å². The number of allylic oxidation sites excluding steroid dienone is 2. The minimum absolute atomic E-state index is 0.365. The van der Waals surface area contributed by atoms with Crippen LogP contribution in [0.3, 0.4) is 0 Å². The van der Waals surface area contributed by atoms with Crippen LogP contribution in [0.4, 0.5) is 0 Å². The molecule has 0 aliphatic heterocycles. The molecule has 4 unspecified atom stereocenters. The normalized spacial score (nSPS) is 13.7. The third kappa shape index (κ3) is 51.7. The predicted octanol–water partition coefficient (Wildman–Crippen LogP) is 18.8. The molecule has 0 rings (SSSR count). The summed E-state index contributed by atoms with van der Waals surface area (Å²) < 4.78 is 0. The first kappa shape index (κ1) is 68.0. The summed E-state index contributed by atoms with van der Waals surface area (Å²) in [6, 6.07) is -0.987. The Kier molecular flexibility index (Phi) is 57.1. The van der Waals surface area contributed by atoms with Crippen LogP contribution in [-0.4, -0.2) is 57.3 Å². The van der Waals surface area contributed by atoms with Crippen molar-refractivity contribution in [2.75, 3.05) is 6.61 Å². The van der Waals surface area contributed by atoms with Gasteiger partial charge in [0, 0.05) is 0 Å². The molecule has 69 heavy (non-hydrogen) atoms. The molecule has 1 amide bonds. The molecule has 0 radical (unpaired) electrons. The van der Waals surface area contributed by atoms with E-state index in [9.17, 15) is 25.2 Å². The van der Waals surface area contributed by atoms with E-state index in [1.54, 1.807) is 0 Å². The van der Waals surface area contributed by atoms with Gasteiger partial charge in [0.2, 0.25) is 5.91 Å². The fourth-order valence-electron chi connectivity index (χ4n) is 10.3. The number of aliphatic hydroxyl groups excluding tert-OH is 4. The van der Waals surface area contributed by atoms with Crippen molar-refractivity contribution in [3.63, 3.8) is 0 Å². The van der Waals surface area contributed by atoms with Gasteiger partial charge in [-0.15, -0.1) is 0 Å². The van der Waals surface area contributed by atoms with Crippen molar-refractivity contribution in [2.45, 2.75) is 379 Å². The third-order valence-electron chi connectivity index (χ3n) is 15.2. The number of hydrogen-bond acceptors (Lipinski definition) is 5. The highest BCUT2D eigenvalue weighted by atomic mass is 16.3. The molecule has 0 saturated carbocycles. The second-order valence-electron chi connectivity index (χ2n) is 22.1. The Hall–Kier alpha value is -0.950. The molecule has 6 heteroatoms. The minimum atomic E-state index is -1.26. The van der Waals surface area contributed by atoms with Crippen LogP contribution < -0.4 is 5.32 Å². The van der Waals surface area contributed by atoms with Gasteiger partial charge in [-0.3, -0.25) is 4.79 Å². The van der Waals surface area contributed by atoms with Crippen molar-refractivity contribution in [3.8, 4) is 0 Å². The zero-order valence-corrected chi connectivity index (χ0v) is 46.8. The maximum Gasteiger partial charge on any atom is 0.249 e. The molecule has 0 fully saturated rings. The number of carbonyl (C=O) groups excluding carboxylic acids is 1. The largest absolute Gasteiger partial charge is 0.394 e. The monoisotopic (exact) mass is 976 g/mol. The SMILES string of the molecule is CCCCCCCCCCCCCC/C=C\CCCCCCCCC(O)C(=O)NC(CO)C(O)C(O)CCCCCCCCCCCCCCCCCCCCCCCCCCCCCCCCC. The molecule has 0 spiro atoms. The van der Waals surface area contributed by atoms with Gasteiger partial charge in [-0.2, -0.15) is 0 Å². The Labute approximate surface area is 432 Å². The van der Waals surface area contributed by atoms with Crippen LogP contribution in [0.1, 0.15) is 354 Å². The van der Waals surface area contributed by atoms with E-state index in [1.165, 1.54) is 283 Å². The van der Waals surface area contributed by atoms with E-state index in [0.29, 0.717) is 12.8 Å². The zero-order chi connectivity index (χ0) is 50.2. The lowest BCUT2D eigenvalue weighted by molar-refractivity contribution is -0.132. The highest BCUT2D eigenvalue weighted by Crippen LogP contribution is 2.19. The molecule has 0 aliphatic carbocycles.